The number of rotatable bonds is 4. The van der Waals surface area contributed by atoms with Gasteiger partial charge in [-0.25, -0.2) is 0 Å². The summed E-state index contributed by atoms with van der Waals surface area (Å²) in [7, 11) is 0. The topological polar surface area (TPSA) is 49.3 Å². The van der Waals surface area contributed by atoms with Gasteiger partial charge in [-0.1, -0.05) is 0 Å². The molecule has 6 nitrogen and oxygen atoms in total. The van der Waals surface area contributed by atoms with Gasteiger partial charge in [-0.05, 0) is 19.8 Å². The SMILES string of the molecule is CCNC(=NCC1CCOC1)N1CCC(N2CCOCC2)C1. The fraction of sp³-hybridized carbons (Fsp3) is 0.938. The van der Waals surface area contributed by atoms with Crippen LogP contribution in [-0.2, 0) is 9.47 Å². The van der Waals surface area contributed by atoms with Gasteiger partial charge < -0.3 is 19.7 Å². The van der Waals surface area contributed by atoms with Crippen molar-refractivity contribution < 1.29 is 9.47 Å². The Kier molecular flexibility index (Phi) is 5.92. The van der Waals surface area contributed by atoms with Crippen LogP contribution in [0.15, 0.2) is 4.99 Å². The summed E-state index contributed by atoms with van der Waals surface area (Å²) >= 11 is 0. The van der Waals surface area contributed by atoms with Gasteiger partial charge in [0.05, 0.1) is 19.8 Å². The van der Waals surface area contributed by atoms with Gasteiger partial charge in [0.25, 0.3) is 0 Å². The first-order valence-electron chi connectivity index (χ1n) is 8.79. The number of morpholine rings is 1. The monoisotopic (exact) mass is 310 g/mol. The van der Waals surface area contributed by atoms with E-state index in [1.165, 1.54) is 6.42 Å². The van der Waals surface area contributed by atoms with Gasteiger partial charge in [0, 0.05) is 57.8 Å². The summed E-state index contributed by atoms with van der Waals surface area (Å²) in [6.45, 7) is 11.8. The molecule has 0 spiro atoms. The zero-order valence-corrected chi connectivity index (χ0v) is 13.8. The number of nitrogens with zero attached hydrogens (tertiary/aromatic N) is 3. The summed E-state index contributed by atoms with van der Waals surface area (Å²) in [5.41, 5.74) is 0. The van der Waals surface area contributed by atoms with Gasteiger partial charge >= 0.3 is 0 Å². The Morgan fingerprint density at radius 1 is 1.14 bits per heavy atom. The van der Waals surface area contributed by atoms with Gasteiger partial charge in [-0.15, -0.1) is 0 Å². The predicted molar refractivity (Wildman–Crippen MR) is 87.3 cm³/mol. The number of nitrogens with one attached hydrogen (secondary N) is 1. The van der Waals surface area contributed by atoms with Crippen LogP contribution in [-0.4, -0.2) is 87.5 Å². The third-order valence-corrected chi connectivity index (χ3v) is 4.88. The number of aliphatic imine (C=N–C) groups is 1. The number of ether oxygens (including phenoxy) is 2. The van der Waals surface area contributed by atoms with Gasteiger partial charge in [0.2, 0.25) is 0 Å². The van der Waals surface area contributed by atoms with Gasteiger partial charge in [0.15, 0.2) is 5.96 Å². The zero-order chi connectivity index (χ0) is 15.2. The maximum atomic E-state index is 5.46. The first kappa shape index (κ1) is 16.0. The predicted octanol–water partition coefficient (Wildman–Crippen LogP) is 0.395. The maximum absolute atomic E-state index is 5.46. The molecule has 1 N–H and O–H groups in total. The molecule has 126 valence electrons. The molecule has 0 aromatic carbocycles. The van der Waals surface area contributed by atoms with Gasteiger partial charge in [-0.3, -0.25) is 9.89 Å². The molecule has 3 aliphatic rings. The largest absolute Gasteiger partial charge is 0.381 e. The van der Waals surface area contributed by atoms with Crippen LogP contribution in [0.5, 0.6) is 0 Å². The molecule has 2 unspecified atom stereocenters. The van der Waals surface area contributed by atoms with Crippen molar-refractivity contribution in [2.24, 2.45) is 10.9 Å². The second-order valence-electron chi connectivity index (χ2n) is 6.46. The molecule has 3 heterocycles. The number of guanidine groups is 1. The lowest BCUT2D eigenvalue weighted by Gasteiger charge is -2.32. The quantitative estimate of drug-likeness (QED) is 0.601. The summed E-state index contributed by atoms with van der Waals surface area (Å²) in [6, 6.07) is 0.655. The summed E-state index contributed by atoms with van der Waals surface area (Å²) < 4.78 is 10.9. The van der Waals surface area contributed by atoms with Crippen LogP contribution in [0.4, 0.5) is 0 Å². The second kappa shape index (κ2) is 8.13. The van der Waals surface area contributed by atoms with Crippen LogP contribution in [0.2, 0.25) is 0 Å². The molecule has 3 rings (SSSR count). The van der Waals surface area contributed by atoms with Crippen molar-refractivity contribution in [2.75, 3.05) is 65.7 Å². The fourth-order valence-electron chi connectivity index (χ4n) is 3.54. The average molecular weight is 310 g/mol. The molecule has 3 aliphatic heterocycles. The lowest BCUT2D eigenvalue weighted by atomic mass is 10.1. The first-order chi connectivity index (χ1) is 10.9. The Labute approximate surface area is 133 Å². The standard InChI is InChI=1S/C16H30N4O2/c1-2-17-16(18-11-14-4-8-22-13-14)20-5-3-15(12-20)19-6-9-21-10-7-19/h14-15H,2-13H2,1H3,(H,17,18). The molecule has 0 aromatic heterocycles. The van der Waals surface area contributed by atoms with E-state index in [0.717, 1.165) is 78.1 Å². The molecule has 0 saturated carbocycles. The molecular weight excluding hydrogens is 280 g/mol. The normalized spacial score (nSPS) is 31.0. The highest BCUT2D eigenvalue weighted by atomic mass is 16.5. The van der Waals surface area contributed by atoms with Crippen molar-refractivity contribution >= 4 is 5.96 Å². The zero-order valence-electron chi connectivity index (χ0n) is 13.8. The van der Waals surface area contributed by atoms with Crippen LogP contribution >= 0.6 is 0 Å². The molecule has 0 aliphatic carbocycles. The van der Waals surface area contributed by atoms with Crippen molar-refractivity contribution in [3.05, 3.63) is 0 Å². The molecule has 0 radical (unpaired) electrons. The van der Waals surface area contributed by atoms with Crippen LogP contribution < -0.4 is 5.32 Å². The minimum atomic E-state index is 0.603. The van der Waals surface area contributed by atoms with E-state index in [-0.39, 0.29) is 0 Å². The minimum Gasteiger partial charge on any atom is -0.381 e. The number of hydrogen-bond acceptors (Lipinski definition) is 4. The van der Waals surface area contributed by atoms with Crippen LogP contribution in [0, 0.1) is 5.92 Å². The molecular formula is C16H30N4O2. The van der Waals surface area contributed by atoms with Crippen molar-refractivity contribution in [1.82, 2.24) is 15.1 Å². The van der Waals surface area contributed by atoms with Crippen molar-refractivity contribution in [1.29, 1.82) is 0 Å². The van der Waals surface area contributed by atoms with E-state index < -0.39 is 0 Å². The van der Waals surface area contributed by atoms with E-state index in [1.807, 2.05) is 0 Å². The molecule has 3 saturated heterocycles. The molecule has 2 atom stereocenters. The molecule has 6 heteroatoms. The summed E-state index contributed by atoms with van der Waals surface area (Å²) in [6.07, 6.45) is 2.39. The van der Waals surface area contributed by atoms with Crippen molar-refractivity contribution in [2.45, 2.75) is 25.8 Å². The van der Waals surface area contributed by atoms with E-state index in [1.54, 1.807) is 0 Å². The van der Waals surface area contributed by atoms with E-state index in [4.69, 9.17) is 14.5 Å². The Balaban J connectivity index is 1.53. The van der Waals surface area contributed by atoms with Crippen molar-refractivity contribution in [3.8, 4) is 0 Å². The van der Waals surface area contributed by atoms with Crippen LogP contribution in [0.1, 0.15) is 19.8 Å². The Morgan fingerprint density at radius 3 is 2.73 bits per heavy atom. The Hall–Kier alpha value is -0.850. The van der Waals surface area contributed by atoms with E-state index in [0.29, 0.717) is 12.0 Å². The van der Waals surface area contributed by atoms with Gasteiger partial charge in [0.1, 0.15) is 0 Å². The Bertz CT molecular complexity index is 365. The summed E-state index contributed by atoms with van der Waals surface area (Å²) in [4.78, 5) is 9.88. The maximum Gasteiger partial charge on any atom is 0.193 e. The average Bonchev–Trinajstić information content (AvgIpc) is 3.24. The van der Waals surface area contributed by atoms with E-state index in [2.05, 4.69) is 22.0 Å². The smallest absolute Gasteiger partial charge is 0.193 e. The highest BCUT2D eigenvalue weighted by Gasteiger charge is 2.30. The minimum absolute atomic E-state index is 0.603. The van der Waals surface area contributed by atoms with Crippen LogP contribution in [0.25, 0.3) is 0 Å². The van der Waals surface area contributed by atoms with Gasteiger partial charge in [-0.2, -0.15) is 0 Å². The molecule has 0 amide bonds. The summed E-state index contributed by atoms with van der Waals surface area (Å²) in [5.74, 6) is 1.69. The third kappa shape index (κ3) is 4.12. The molecule has 0 aromatic rings. The second-order valence-corrected chi connectivity index (χ2v) is 6.46. The van der Waals surface area contributed by atoms with Crippen molar-refractivity contribution in [3.63, 3.8) is 0 Å². The third-order valence-electron chi connectivity index (χ3n) is 4.88. The van der Waals surface area contributed by atoms with E-state index >= 15 is 0 Å². The lowest BCUT2D eigenvalue weighted by molar-refractivity contribution is 0.0195. The lowest BCUT2D eigenvalue weighted by Crippen LogP contribution is -2.46. The van der Waals surface area contributed by atoms with Crippen LogP contribution in [0.3, 0.4) is 0 Å². The Morgan fingerprint density at radius 2 is 2.00 bits per heavy atom. The number of likely N-dealkylation sites (tertiary alicyclic amines) is 1. The highest BCUT2D eigenvalue weighted by molar-refractivity contribution is 5.80. The highest BCUT2D eigenvalue weighted by Crippen LogP contribution is 2.18. The fourth-order valence-corrected chi connectivity index (χ4v) is 3.54. The molecule has 22 heavy (non-hydrogen) atoms. The first-order valence-corrected chi connectivity index (χ1v) is 8.79. The summed E-state index contributed by atoms with van der Waals surface area (Å²) in [5, 5.41) is 3.46. The number of hydrogen-bond donors (Lipinski definition) is 1. The van der Waals surface area contributed by atoms with E-state index in [9.17, 15) is 0 Å². The molecule has 3 fully saturated rings. The molecule has 0 bridgehead atoms.